The monoisotopic (exact) mass is 552 g/mol. The molecule has 1 amide bonds. The van der Waals surface area contributed by atoms with E-state index in [2.05, 4.69) is 4.98 Å². The van der Waals surface area contributed by atoms with Gasteiger partial charge in [-0.2, -0.15) is 0 Å². The maximum absolute atomic E-state index is 13.2. The molecule has 0 bridgehead atoms. The average Bonchev–Trinajstić information content (AvgIpc) is 3.46. The molecule has 0 aliphatic heterocycles. The summed E-state index contributed by atoms with van der Waals surface area (Å²) in [5, 5.41) is 0.805. The van der Waals surface area contributed by atoms with Crippen molar-refractivity contribution >= 4 is 63.9 Å². The van der Waals surface area contributed by atoms with Gasteiger partial charge in [0.25, 0.3) is 0 Å². The fraction of sp³-hybridized carbons (Fsp3) is 0.217. The SMILES string of the molecule is CS(=O)(=O)c1ccc2nc(N(Cc3ccco3)C(=O)CCCS(=O)(=O)c3ccc(Cl)cc3)sc2c1. The van der Waals surface area contributed by atoms with E-state index in [-0.39, 0.29) is 40.8 Å². The van der Waals surface area contributed by atoms with Crippen LogP contribution in [0.3, 0.4) is 0 Å². The van der Waals surface area contributed by atoms with Crippen molar-refractivity contribution in [3.63, 3.8) is 0 Å². The maximum atomic E-state index is 13.2. The molecule has 184 valence electrons. The number of hydrogen-bond donors (Lipinski definition) is 0. The number of carbonyl (C=O) groups is 1. The summed E-state index contributed by atoms with van der Waals surface area (Å²) >= 11 is 7.01. The molecule has 35 heavy (non-hydrogen) atoms. The van der Waals surface area contributed by atoms with E-state index in [0.29, 0.717) is 26.1 Å². The van der Waals surface area contributed by atoms with Crippen molar-refractivity contribution in [2.45, 2.75) is 29.2 Å². The topological polar surface area (TPSA) is 115 Å². The van der Waals surface area contributed by atoms with E-state index in [1.807, 2.05) is 0 Å². The Morgan fingerprint density at radius 1 is 1.06 bits per heavy atom. The number of hydrogen-bond acceptors (Lipinski definition) is 8. The Kier molecular flexibility index (Phi) is 7.32. The predicted octanol–water partition coefficient (Wildman–Crippen LogP) is 4.73. The predicted molar refractivity (Wildman–Crippen MR) is 135 cm³/mol. The van der Waals surface area contributed by atoms with Gasteiger partial charge in [0.05, 0.1) is 38.6 Å². The van der Waals surface area contributed by atoms with Crippen molar-refractivity contribution in [3.8, 4) is 0 Å². The molecular weight excluding hydrogens is 532 g/mol. The number of furan rings is 1. The summed E-state index contributed by atoms with van der Waals surface area (Å²) in [6, 6.07) is 13.9. The Labute approximate surface area is 212 Å². The minimum absolute atomic E-state index is 0.0297. The Bertz CT molecular complexity index is 1560. The highest BCUT2D eigenvalue weighted by atomic mass is 35.5. The van der Waals surface area contributed by atoms with Gasteiger partial charge in [-0.1, -0.05) is 22.9 Å². The van der Waals surface area contributed by atoms with E-state index < -0.39 is 19.7 Å². The van der Waals surface area contributed by atoms with Gasteiger partial charge >= 0.3 is 0 Å². The maximum Gasteiger partial charge on any atom is 0.229 e. The van der Waals surface area contributed by atoms with Gasteiger partial charge in [0.2, 0.25) is 5.91 Å². The lowest BCUT2D eigenvalue weighted by atomic mass is 10.3. The van der Waals surface area contributed by atoms with Crippen molar-refractivity contribution in [2.24, 2.45) is 0 Å². The molecule has 0 saturated carbocycles. The first kappa shape index (κ1) is 25.4. The van der Waals surface area contributed by atoms with Crippen molar-refractivity contribution < 1.29 is 26.0 Å². The Morgan fingerprint density at radius 3 is 2.43 bits per heavy atom. The molecule has 0 saturated heterocycles. The zero-order valence-corrected chi connectivity index (χ0v) is 21.8. The normalized spacial score (nSPS) is 12.2. The molecular formula is C23H21ClN2O6S3. The van der Waals surface area contributed by atoms with Crippen LogP contribution in [-0.4, -0.2) is 39.7 Å². The number of sulfone groups is 2. The van der Waals surface area contributed by atoms with E-state index in [0.717, 1.165) is 6.26 Å². The number of nitrogens with zero attached hydrogens (tertiary/aromatic N) is 2. The Balaban J connectivity index is 1.54. The van der Waals surface area contributed by atoms with Gasteiger partial charge < -0.3 is 4.42 Å². The summed E-state index contributed by atoms with van der Waals surface area (Å²) < 4.78 is 55.0. The lowest BCUT2D eigenvalue weighted by Crippen LogP contribution is -2.30. The second kappa shape index (κ2) is 10.1. The van der Waals surface area contributed by atoms with Crippen molar-refractivity contribution in [2.75, 3.05) is 16.9 Å². The third-order valence-electron chi connectivity index (χ3n) is 5.18. The first-order chi connectivity index (χ1) is 16.5. The molecule has 4 aromatic rings. The molecule has 2 aromatic heterocycles. The number of anilines is 1. The van der Waals surface area contributed by atoms with Crippen LogP contribution in [0.2, 0.25) is 5.02 Å². The molecule has 0 fully saturated rings. The second-order valence-corrected chi connectivity index (χ2v) is 13.4. The zero-order valence-electron chi connectivity index (χ0n) is 18.5. The Hall–Kier alpha value is -2.73. The number of halogens is 1. The first-order valence-electron chi connectivity index (χ1n) is 10.4. The van der Waals surface area contributed by atoms with Crippen LogP contribution < -0.4 is 4.90 Å². The molecule has 8 nitrogen and oxygen atoms in total. The summed E-state index contributed by atoms with van der Waals surface area (Å²) in [5.41, 5.74) is 0.556. The van der Waals surface area contributed by atoms with Crippen molar-refractivity contribution in [3.05, 3.63) is 71.6 Å². The summed E-state index contributed by atoms with van der Waals surface area (Å²) in [7, 11) is -6.96. The summed E-state index contributed by atoms with van der Waals surface area (Å²) in [5.74, 6) is 0.00492. The van der Waals surface area contributed by atoms with Gasteiger partial charge in [-0.3, -0.25) is 9.69 Å². The fourth-order valence-electron chi connectivity index (χ4n) is 3.37. The Morgan fingerprint density at radius 2 is 1.77 bits per heavy atom. The van der Waals surface area contributed by atoms with Gasteiger partial charge in [0, 0.05) is 17.7 Å². The van der Waals surface area contributed by atoms with Crippen LogP contribution in [0.15, 0.2) is 75.1 Å². The van der Waals surface area contributed by atoms with Crippen molar-refractivity contribution in [1.82, 2.24) is 4.98 Å². The largest absolute Gasteiger partial charge is 0.467 e. The molecule has 0 spiro atoms. The molecule has 2 aromatic carbocycles. The van der Waals surface area contributed by atoms with Gasteiger partial charge in [-0.05, 0) is 61.0 Å². The molecule has 0 aliphatic rings. The first-order valence-corrected chi connectivity index (χ1v) is 15.2. The standard InChI is InChI=1S/C23H21ClN2O6S3/c1-34(28,29)19-10-11-20-21(14-19)33-23(25-20)26(15-17-4-2-12-32-17)22(27)5-3-13-35(30,31)18-8-6-16(24)7-9-18/h2,4,6-12,14H,3,5,13,15H2,1H3. The van der Waals surface area contributed by atoms with E-state index in [1.54, 1.807) is 18.2 Å². The van der Waals surface area contributed by atoms with Gasteiger partial charge in [-0.25, -0.2) is 21.8 Å². The van der Waals surface area contributed by atoms with Gasteiger partial charge in [0.1, 0.15) is 5.76 Å². The third-order valence-corrected chi connectivity index (χ3v) is 9.40. The van der Waals surface area contributed by atoms with Crippen LogP contribution >= 0.6 is 22.9 Å². The van der Waals surface area contributed by atoms with E-state index in [4.69, 9.17) is 16.0 Å². The smallest absolute Gasteiger partial charge is 0.229 e. The fourth-order valence-corrected chi connectivity index (χ4v) is 6.55. The van der Waals surface area contributed by atoms with Gasteiger partial charge in [0.15, 0.2) is 24.8 Å². The molecule has 4 rings (SSSR count). The quantitative estimate of drug-likeness (QED) is 0.295. The highest BCUT2D eigenvalue weighted by Gasteiger charge is 2.23. The molecule has 0 atom stereocenters. The molecule has 12 heteroatoms. The van der Waals surface area contributed by atoms with E-state index in [1.165, 1.54) is 58.9 Å². The second-order valence-electron chi connectivity index (χ2n) is 7.83. The lowest BCUT2D eigenvalue weighted by Gasteiger charge is -2.18. The lowest BCUT2D eigenvalue weighted by molar-refractivity contribution is -0.118. The highest BCUT2D eigenvalue weighted by Crippen LogP contribution is 2.32. The van der Waals surface area contributed by atoms with E-state index >= 15 is 0 Å². The van der Waals surface area contributed by atoms with Crippen LogP contribution in [0.5, 0.6) is 0 Å². The number of fused-ring (bicyclic) bond motifs is 1. The summed E-state index contributed by atoms with van der Waals surface area (Å²) in [6.07, 6.45) is 2.70. The van der Waals surface area contributed by atoms with Crippen LogP contribution in [0.25, 0.3) is 10.2 Å². The number of aromatic nitrogens is 1. The zero-order chi connectivity index (χ0) is 25.2. The highest BCUT2D eigenvalue weighted by molar-refractivity contribution is 7.91. The molecule has 2 heterocycles. The van der Waals surface area contributed by atoms with Crippen LogP contribution in [0.1, 0.15) is 18.6 Å². The molecule has 0 radical (unpaired) electrons. The van der Waals surface area contributed by atoms with E-state index in [9.17, 15) is 21.6 Å². The molecule has 0 unspecified atom stereocenters. The van der Waals surface area contributed by atoms with Crippen LogP contribution in [0, 0.1) is 0 Å². The number of benzene rings is 2. The third kappa shape index (κ3) is 6.10. The average molecular weight is 553 g/mol. The molecule has 0 N–H and O–H groups in total. The number of carbonyl (C=O) groups excluding carboxylic acids is 1. The minimum atomic E-state index is -3.57. The van der Waals surface area contributed by atoms with Crippen LogP contribution in [0.4, 0.5) is 5.13 Å². The number of amides is 1. The number of rotatable bonds is 9. The minimum Gasteiger partial charge on any atom is -0.467 e. The number of thiazole rings is 1. The van der Waals surface area contributed by atoms with Crippen molar-refractivity contribution in [1.29, 1.82) is 0 Å². The summed E-state index contributed by atoms with van der Waals surface area (Å²) in [6.45, 7) is 0.106. The van der Waals surface area contributed by atoms with Gasteiger partial charge in [-0.15, -0.1) is 0 Å². The summed E-state index contributed by atoms with van der Waals surface area (Å²) in [4.78, 5) is 19.4. The van der Waals surface area contributed by atoms with Crippen LogP contribution in [-0.2, 0) is 31.0 Å². The molecule has 0 aliphatic carbocycles.